The minimum Gasteiger partial charge on any atom is -0.277 e. The summed E-state index contributed by atoms with van der Waals surface area (Å²) in [7, 11) is -3.79. The van der Waals surface area contributed by atoms with Crippen LogP contribution in [-0.4, -0.2) is 23.4 Å². The van der Waals surface area contributed by atoms with Crippen molar-refractivity contribution < 1.29 is 8.42 Å². The van der Waals surface area contributed by atoms with E-state index in [0.717, 1.165) is 23.4 Å². The Morgan fingerprint density at radius 3 is 2.31 bits per heavy atom. The summed E-state index contributed by atoms with van der Waals surface area (Å²) in [4.78, 5) is 0.191. The normalized spacial score (nSPS) is 12.2. The Bertz CT molecular complexity index is 1130. The summed E-state index contributed by atoms with van der Waals surface area (Å²) in [5.41, 5.74) is 3.60. The van der Waals surface area contributed by atoms with E-state index in [9.17, 15) is 8.42 Å². The molecule has 1 heterocycles. The molecule has 0 fully saturated rings. The van der Waals surface area contributed by atoms with Crippen LogP contribution in [0, 0.1) is 6.92 Å². The molecule has 1 N–H and O–H groups in total. The molecule has 29 heavy (non-hydrogen) atoms. The molecule has 0 saturated carbocycles. The highest BCUT2D eigenvalue weighted by Gasteiger charge is 2.20. The van der Waals surface area contributed by atoms with Crippen molar-refractivity contribution in [2.45, 2.75) is 51.3 Å². The van der Waals surface area contributed by atoms with Gasteiger partial charge >= 0.3 is 0 Å². The number of sulfonamides is 1. The second-order valence-electron chi connectivity index (χ2n) is 7.93. The van der Waals surface area contributed by atoms with E-state index in [2.05, 4.69) is 35.8 Å². The predicted octanol–water partition coefficient (Wildman–Crippen LogP) is 4.89. The zero-order chi connectivity index (χ0) is 21.4. The van der Waals surface area contributed by atoms with Crippen LogP contribution >= 0.6 is 11.6 Å². The Hall–Kier alpha value is -2.38. The van der Waals surface area contributed by atoms with Crippen molar-refractivity contribution in [3.8, 4) is 5.69 Å². The molecule has 0 atom stereocenters. The molecule has 0 aliphatic heterocycles. The molecule has 2 aromatic carbocycles. The lowest BCUT2D eigenvalue weighted by Gasteiger charge is -2.19. The van der Waals surface area contributed by atoms with Gasteiger partial charge in [0.2, 0.25) is 0 Å². The lowest BCUT2D eigenvalue weighted by molar-refractivity contribution is 0.587. The zero-order valence-electron chi connectivity index (χ0n) is 17.2. The van der Waals surface area contributed by atoms with Gasteiger partial charge in [-0.2, -0.15) is 0 Å². The third-order valence-electron chi connectivity index (χ3n) is 4.79. The fourth-order valence-corrected chi connectivity index (χ4v) is 4.26. The van der Waals surface area contributed by atoms with Crippen LogP contribution in [0.4, 0.5) is 5.69 Å². The number of anilines is 1. The number of halogens is 1. The van der Waals surface area contributed by atoms with Crippen molar-refractivity contribution in [3.63, 3.8) is 0 Å². The van der Waals surface area contributed by atoms with E-state index in [-0.39, 0.29) is 10.3 Å². The predicted molar refractivity (Wildman–Crippen MR) is 116 cm³/mol. The molecular formula is C21H25ClN4O2S. The topological polar surface area (TPSA) is 76.9 Å². The largest absolute Gasteiger partial charge is 0.277 e. The molecule has 0 bridgehead atoms. The molecule has 0 radical (unpaired) electrons. The zero-order valence-corrected chi connectivity index (χ0v) is 18.8. The summed E-state index contributed by atoms with van der Waals surface area (Å²) >= 11 is 6.17. The maximum atomic E-state index is 13.0. The first-order valence-corrected chi connectivity index (χ1v) is 11.2. The van der Waals surface area contributed by atoms with Crippen LogP contribution in [0.25, 0.3) is 5.69 Å². The fourth-order valence-electron chi connectivity index (χ4n) is 3.02. The molecule has 3 rings (SSSR count). The fraction of sp³-hybridized carbons (Fsp3) is 0.333. The Labute approximate surface area is 177 Å². The molecule has 3 aromatic rings. The first-order chi connectivity index (χ1) is 13.5. The van der Waals surface area contributed by atoms with Crippen molar-refractivity contribution in [2.24, 2.45) is 0 Å². The highest BCUT2D eigenvalue weighted by Crippen LogP contribution is 2.29. The summed E-state index contributed by atoms with van der Waals surface area (Å²) in [5, 5.41) is 8.81. The van der Waals surface area contributed by atoms with Gasteiger partial charge in [0.25, 0.3) is 10.0 Å². The quantitative estimate of drug-likeness (QED) is 0.622. The number of nitrogens with zero attached hydrogens (tertiary/aromatic N) is 3. The molecular weight excluding hydrogens is 408 g/mol. The molecule has 0 unspecified atom stereocenters. The highest BCUT2D eigenvalue weighted by molar-refractivity contribution is 7.92. The van der Waals surface area contributed by atoms with Crippen molar-refractivity contribution in [1.82, 2.24) is 15.0 Å². The van der Waals surface area contributed by atoms with Crippen molar-refractivity contribution in [1.29, 1.82) is 0 Å². The molecule has 1 aromatic heterocycles. The van der Waals surface area contributed by atoms with Gasteiger partial charge in [-0.15, -0.1) is 5.10 Å². The van der Waals surface area contributed by atoms with Gasteiger partial charge < -0.3 is 0 Å². The van der Waals surface area contributed by atoms with Crippen LogP contribution < -0.4 is 4.72 Å². The van der Waals surface area contributed by atoms with Gasteiger partial charge in [-0.3, -0.25) is 4.72 Å². The van der Waals surface area contributed by atoms with Crippen LogP contribution in [0.1, 0.15) is 44.6 Å². The van der Waals surface area contributed by atoms with Crippen LogP contribution in [0.15, 0.2) is 47.4 Å². The van der Waals surface area contributed by atoms with Gasteiger partial charge in [0.05, 0.1) is 27.7 Å². The molecule has 154 valence electrons. The van der Waals surface area contributed by atoms with Crippen LogP contribution in [0.2, 0.25) is 5.02 Å². The van der Waals surface area contributed by atoms with Crippen LogP contribution in [0.5, 0.6) is 0 Å². The summed E-state index contributed by atoms with van der Waals surface area (Å²) in [5.74, 6) is 0. The standard InChI is InChI=1S/C21H25ClN4O2S/c1-6-18-14(2)26(25-23-18)20-13-16(22)9-12-19(20)24-29(27,28)17-10-7-15(8-11-17)21(3,4)5/h7-13,24H,6H2,1-5H3. The molecule has 0 aliphatic rings. The average Bonchev–Trinajstić information content (AvgIpc) is 3.03. The Kier molecular flexibility index (Phi) is 5.74. The van der Waals surface area contributed by atoms with E-state index < -0.39 is 10.0 Å². The number of aryl methyl sites for hydroxylation is 1. The van der Waals surface area contributed by atoms with E-state index in [1.807, 2.05) is 26.0 Å². The third-order valence-corrected chi connectivity index (χ3v) is 6.40. The summed E-state index contributed by atoms with van der Waals surface area (Å²) in [6, 6.07) is 11.9. The maximum Gasteiger partial charge on any atom is 0.261 e. The van der Waals surface area contributed by atoms with Crippen molar-refractivity contribution >= 4 is 27.3 Å². The number of hydrogen-bond donors (Lipinski definition) is 1. The molecule has 0 aliphatic carbocycles. The minimum atomic E-state index is -3.79. The van der Waals surface area contributed by atoms with Crippen LogP contribution in [-0.2, 0) is 21.9 Å². The first kappa shape index (κ1) is 21.3. The molecule has 8 heteroatoms. The van der Waals surface area contributed by atoms with Crippen LogP contribution in [0.3, 0.4) is 0 Å². The summed E-state index contributed by atoms with van der Waals surface area (Å²) in [6.07, 6.45) is 0.730. The molecule has 0 amide bonds. The second-order valence-corrected chi connectivity index (χ2v) is 10.0. The Morgan fingerprint density at radius 1 is 1.10 bits per heavy atom. The average molecular weight is 433 g/mol. The SMILES string of the molecule is CCc1nnn(-c2cc(Cl)ccc2NS(=O)(=O)c2ccc(C(C)(C)C)cc2)c1C. The Morgan fingerprint density at radius 2 is 1.76 bits per heavy atom. The second kappa shape index (κ2) is 7.80. The van der Waals surface area contributed by atoms with Gasteiger partial charge in [-0.1, -0.05) is 56.6 Å². The number of aromatic nitrogens is 3. The van der Waals surface area contributed by atoms with Gasteiger partial charge in [-0.25, -0.2) is 13.1 Å². The lowest BCUT2D eigenvalue weighted by atomic mass is 9.87. The van der Waals surface area contributed by atoms with Crippen molar-refractivity contribution in [2.75, 3.05) is 4.72 Å². The number of rotatable bonds is 5. The van der Waals surface area contributed by atoms with Gasteiger partial charge in [0.1, 0.15) is 0 Å². The van der Waals surface area contributed by atoms with E-state index in [1.54, 1.807) is 35.0 Å². The number of benzene rings is 2. The maximum absolute atomic E-state index is 13.0. The number of nitrogens with one attached hydrogen (secondary N) is 1. The first-order valence-electron chi connectivity index (χ1n) is 9.37. The van der Waals surface area contributed by atoms with E-state index in [4.69, 9.17) is 11.6 Å². The minimum absolute atomic E-state index is 0.0549. The number of hydrogen-bond acceptors (Lipinski definition) is 4. The monoisotopic (exact) mass is 432 g/mol. The molecule has 0 saturated heterocycles. The highest BCUT2D eigenvalue weighted by atomic mass is 35.5. The van der Waals surface area contributed by atoms with E-state index >= 15 is 0 Å². The smallest absolute Gasteiger partial charge is 0.261 e. The summed E-state index contributed by atoms with van der Waals surface area (Å²) in [6.45, 7) is 10.1. The summed E-state index contributed by atoms with van der Waals surface area (Å²) < 4.78 is 30.2. The van der Waals surface area contributed by atoms with Gasteiger partial charge in [-0.05, 0) is 54.7 Å². The van der Waals surface area contributed by atoms with Crippen molar-refractivity contribution in [3.05, 3.63) is 64.4 Å². The van der Waals surface area contributed by atoms with Gasteiger partial charge in [0, 0.05) is 5.02 Å². The van der Waals surface area contributed by atoms with E-state index in [1.165, 1.54) is 0 Å². The third kappa shape index (κ3) is 4.46. The molecule has 0 spiro atoms. The Balaban J connectivity index is 2.00. The van der Waals surface area contributed by atoms with E-state index in [0.29, 0.717) is 16.4 Å². The van der Waals surface area contributed by atoms with Gasteiger partial charge in [0.15, 0.2) is 0 Å². The molecule has 6 nitrogen and oxygen atoms in total. The lowest BCUT2D eigenvalue weighted by Crippen LogP contribution is -2.16.